The minimum absolute atomic E-state index is 0.121. The van der Waals surface area contributed by atoms with Gasteiger partial charge in [-0.2, -0.15) is 0 Å². The van der Waals surface area contributed by atoms with Crippen LogP contribution in [0.4, 0.5) is 10.1 Å². The van der Waals surface area contributed by atoms with Crippen molar-refractivity contribution in [2.45, 2.75) is 43.4 Å². The highest BCUT2D eigenvalue weighted by Crippen LogP contribution is 2.29. The summed E-state index contributed by atoms with van der Waals surface area (Å²) in [4.78, 5) is 15.1. The Morgan fingerprint density at radius 3 is 2.67 bits per heavy atom. The van der Waals surface area contributed by atoms with Gasteiger partial charge in [-0.05, 0) is 69.5 Å². The van der Waals surface area contributed by atoms with Gasteiger partial charge in [0, 0.05) is 31.1 Å². The fourth-order valence-electron chi connectivity index (χ4n) is 4.20. The number of amides is 1. The van der Waals surface area contributed by atoms with Crippen molar-refractivity contribution in [1.82, 2.24) is 10.6 Å². The zero-order valence-corrected chi connectivity index (χ0v) is 16.7. The summed E-state index contributed by atoms with van der Waals surface area (Å²) in [5.74, 6) is -0.645. The summed E-state index contributed by atoms with van der Waals surface area (Å²) in [6.45, 7) is 4.34. The molecular weight excluding hydrogens is 369 g/mol. The Bertz CT molecular complexity index is 806. The summed E-state index contributed by atoms with van der Waals surface area (Å²) >= 11 is 0. The summed E-state index contributed by atoms with van der Waals surface area (Å²) in [7, 11) is -3.52. The quantitative estimate of drug-likeness (QED) is 0.803. The summed E-state index contributed by atoms with van der Waals surface area (Å²) in [6, 6.07) is 4.59. The number of carbonyl (C=O) groups excluding carboxylic acids is 1. The number of anilines is 1. The molecule has 27 heavy (non-hydrogen) atoms. The van der Waals surface area contributed by atoms with Crippen molar-refractivity contribution in [3.63, 3.8) is 0 Å². The molecule has 2 heterocycles. The second-order valence-electron chi connectivity index (χ2n) is 7.71. The highest BCUT2D eigenvalue weighted by Gasteiger charge is 2.49. The van der Waals surface area contributed by atoms with E-state index in [0.29, 0.717) is 32.5 Å². The Balaban J connectivity index is 1.74. The van der Waals surface area contributed by atoms with Gasteiger partial charge in [-0.3, -0.25) is 4.79 Å². The van der Waals surface area contributed by atoms with Crippen molar-refractivity contribution >= 4 is 21.4 Å². The van der Waals surface area contributed by atoms with E-state index in [9.17, 15) is 17.6 Å². The maximum atomic E-state index is 13.4. The van der Waals surface area contributed by atoms with Crippen molar-refractivity contribution in [3.8, 4) is 0 Å². The number of benzene rings is 1. The number of carbonyl (C=O) groups is 1. The van der Waals surface area contributed by atoms with Crippen LogP contribution in [0.15, 0.2) is 18.2 Å². The largest absolute Gasteiger partial charge is 0.369 e. The van der Waals surface area contributed by atoms with Gasteiger partial charge in [0.05, 0.1) is 0 Å². The molecule has 150 valence electrons. The Morgan fingerprint density at radius 1 is 1.33 bits per heavy atom. The van der Waals surface area contributed by atoms with Crippen LogP contribution in [0.1, 0.15) is 31.2 Å². The third-order valence-electron chi connectivity index (χ3n) is 5.79. The molecule has 6 nitrogen and oxygen atoms in total. The van der Waals surface area contributed by atoms with Crippen LogP contribution in [-0.2, 0) is 14.6 Å². The van der Waals surface area contributed by atoms with Gasteiger partial charge in [-0.15, -0.1) is 0 Å². The molecule has 2 aliphatic rings. The molecule has 0 radical (unpaired) electrons. The van der Waals surface area contributed by atoms with Crippen molar-refractivity contribution < 1.29 is 17.6 Å². The summed E-state index contributed by atoms with van der Waals surface area (Å²) < 4.78 is 36.9. The average molecular weight is 398 g/mol. The van der Waals surface area contributed by atoms with Gasteiger partial charge < -0.3 is 15.5 Å². The smallest absolute Gasteiger partial charge is 0.241 e. The summed E-state index contributed by atoms with van der Waals surface area (Å²) in [5, 5.41) is 6.13. The second kappa shape index (κ2) is 7.75. The molecule has 2 fully saturated rings. The first-order chi connectivity index (χ1) is 12.7. The predicted octanol–water partition coefficient (Wildman–Crippen LogP) is 1.39. The molecular formula is C19H28FN3O3S. The SMILES string of the molecule is Cc1cc(F)ccc1N1CCCC(NC(=O)C2(S(C)(=O)=O)CCNCC2)C1. The van der Waals surface area contributed by atoms with Gasteiger partial charge in [0.25, 0.3) is 0 Å². The highest BCUT2D eigenvalue weighted by molar-refractivity contribution is 7.92. The van der Waals surface area contributed by atoms with Gasteiger partial charge in [-0.1, -0.05) is 0 Å². The molecule has 1 aromatic rings. The zero-order chi connectivity index (χ0) is 19.7. The minimum Gasteiger partial charge on any atom is -0.369 e. The Hall–Kier alpha value is -1.67. The monoisotopic (exact) mass is 397 g/mol. The van der Waals surface area contributed by atoms with Gasteiger partial charge >= 0.3 is 0 Å². The normalized spacial score (nSPS) is 23.1. The predicted molar refractivity (Wildman–Crippen MR) is 104 cm³/mol. The number of nitrogens with one attached hydrogen (secondary N) is 2. The lowest BCUT2D eigenvalue weighted by Gasteiger charge is -2.39. The van der Waals surface area contributed by atoms with E-state index in [1.807, 2.05) is 6.92 Å². The molecule has 3 rings (SSSR count). The number of sulfone groups is 1. The van der Waals surface area contributed by atoms with Crippen molar-refractivity contribution in [2.75, 3.05) is 37.3 Å². The Labute approximate surface area is 160 Å². The molecule has 0 bridgehead atoms. The lowest BCUT2D eigenvalue weighted by atomic mass is 9.94. The maximum absolute atomic E-state index is 13.4. The van der Waals surface area contributed by atoms with E-state index in [0.717, 1.165) is 36.9 Å². The molecule has 0 spiro atoms. The lowest BCUT2D eigenvalue weighted by molar-refractivity contribution is -0.125. The van der Waals surface area contributed by atoms with Crippen LogP contribution in [-0.4, -0.2) is 57.5 Å². The first kappa shape index (κ1) is 20.1. The third kappa shape index (κ3) is 4.11. The average Bonchev–Trinajstić information content (AvgIpc) is 2.61. The number of nitrogens with zero attached hydrogens (tertiary/aromatic N) is 1. The molecule has 2 aliphatic heterocycles. The van der Waals surface area contributed by atoms with Gasteiger partial charge in [-0.25, -0.2) is 12.8 Å². The topological polar surface area (TPSA) is 78.5 Å². The molecule has 1 atom stereocenters. The summed E-state index contributed by atoms with van der Waals surface area (Å²) in [5.41, 5.74) is 1.81. The van der Waals surface area contributed by atoms with Crippen molar-refractivity contribution in [1.29, 1.82) is 0 Å². The number of piperidine rings is 2. The molecule has 1 aromatic carbocycles. The van der Waals surface area contributed by atoms with Crippen LogP contribution in [0.5, 0.6) is 0 Å². The van der Waals surface area contributed by atoms with Crippen LogP contribution < -0.4 is 15.5 Å². The van der Waals surface area contributed by atoms with Crippen molar-refractivity contribution in [2.24, 2.45) is 0 Å². The molecule has 2 N–H and O–H groups in total. The first-order valence-corrected chi connectivity index (χ1v) is 11.3. The zero-order valence-electron chi connectivity index (χ0n) is 15.9. The Morgan fingerprint density at radius 2 is 2.04 bits per heavy atom. The number of hydrogen-bond donors (Lipinski definition) is 2. The third-order valence-corrected chi connectivity index (χ3v) is 7.80. The molecule has 0 saturated carbocycles. The van der Waals surface area contributed by atoms with Crippen LogP contribution in [0.25, 0.3) is 0 Å². The fraction of sp³-hybridized carbons (Fsp3) is 0.632. The minimum atomic E-state index is -3.52. The Kier molecular flexibility index (Phi) is 5.76. The van der Waals surface area contributed by atoms with Crippen molar-refractivity contribution in [3.05, 3.63) is 29.6 Å². The van der Waals surface area contributed by atoms with Crippen LogP contribution in [0.2, 0.25) is 0 Å². The standard InChI is InChI=1S/C19H28FN3O3S/c1-14-12-15(20)5-6-17(14)23-11-3-4-16(13-23)22-18(24)19(27(2,25)26)7-9-21-10-8-19/h5-6,12,16,21H,3-4,7-11,13H2,1-2H3,(H,22,24). The number of halogens is 1. The molecule has 1 amide bonds. The van der Waals surface area contributed by atoms with E-state index < -0.39 is 14.6 Å². The van der Waals surface area contributed by atoms with E-state index in [1.165, 1.54) is 12.1 Å². The number of hydrogen-bond acceptors (Lipinski definition) is 5. The van der Waals surface area contributed by atoms with E-state index in [4.69, 9.17) is 0 Å². The van der Waals surface area contributed by atoms with Crippen LogP contribution in [0.3, 0.4) is 0 Å². The molecule has 2 saturated heterocycles. The number of aryl methyl sites for hydroxylation is 1. The summed E-state index contributed by atoms with van der Waals surface area (Å²) in [6.07, 6.45) is 3.44. The molecule has 0 aromatic heterocycles. The van der Waals surface area contributed by atoms with Crippen LogP contribution in [0, 0.1) is 12.7 Å². The first-order valence-electron chi connectivity index (χ1n) is 9.45. The maximum Gasteiger partial charge on any atom is 0.241 e. The molecule has 8 heteroatoms. The van der Waals surface area contributed by atoms with Crippen LogP contribution >= 0.6 is 0 Å². The number of rotatable bonds is 4. The fourth-order valence-corrected chi connectivity index (χ4v) is 5.54. The van der Waals surface area contributed by atoms with E-state index in [2.05, 4.69) is 15.5 Å². The lowest BCUT2D eigenvalue weighted by Crippen LogP contribution is -2.60. The second-order valence-corrected chi connectivity index (χ2v) is 10.0. The van der Waals surface area contributed by atoms with E-state index in [1.54, 1.807) is 6.07 Å². The van der Waals surface area contributed by atoms with Gasteiger partial charge in [0.15, 0.2) is 14.6 Å². The highest BCUT2D eigenvalue weighted by atomic mass is 32.2. The van der Waals surface area contributed by atoms with E-state index in [-0.39, 0.29) is 17.8 Å². The molecule has 1 unspecified atom stereocenters. The van der Waals surface area contributed by atoms with Gasteiger partial charge in [0.1, 0.15) is 5.82 Å². The molecule has 0 aliphatic carbocycles. The van der Waals surface area contributed by atoms with E-state index >= 15 is 0 Å². The van der Waals surface area contributed by atoms with Gasteiger partial charge in [0.2, 0.25) is 5.91 Å².